The van der Waals surface area contributed by atoms with Crippen LogP contribution in [0.2, 0.25) is 0 Å². The number of hydrogen-bond donors (Lipinski definition) is 2. The topological polar surface area (TPSA) is 78.5 Å². The van der Waals surface area contributed by atoms with Crippen molar-refractivity contribution in [2.24, 2.45) is 5.92 Å². The SMILES string of the molecule is CC(C)NC(=O)N1CC[C@@H]2CNS(=O)(=O)[C@@H]2CC1. The van der Waals surface area contributed by atoms with Crippen molar-refractivity contribution in [3.63, 3.8) is 0 Å². The van der Waals surface area contributed by atoms with Crippen LogP contribution in [0.1, 0.15) is 26.7 Å². The Balaban J connectivity index is 2.00. The molecular formula is C11H21N3O3S. The minimum atomic E-state index is -3.15. The molecule has 0 aromatic heterocycles. The van der Waals surface area contributed by atoms with E-state index < -0.39 is 10.0 Å². The van der Waals surface area contributed by atoms with E-state index in [0.29, 0.717) is 26.1 Å². The zero-order valence-corrected chi connectivity index (χ0v) is 11.7. The maximum atomic E-state index is 11.9. The molecule has 2 aliphatic rings. The number of urea groups is 1. The Bertz CT molecular complexity index is 421. The van der Waals surface area contributed by atoms with Gasteiger partial charge in [0.25, 0.3) is 0 Å². The fourth-order valence-electron chi connectivity index (χ4n) is 2.65. The summed E-state index contributed by atoms with van der Waals surface area (Å²) in [5.74, 6) is 0.145. The van der Waals surface area contributed by atoms with Crippen molar-refractivity contribution in [2.75, 3.05) is 19.6 Å². The van der Waals surface area contributed by atoms with E-state index in [9.17, 15) is 13.2 Å². The van der Waals surface area contributed by atoms with Crippen molar-refractivity contribution in [1.82, 2.24) is 14.9 Å². The van der Waals surface area contributed by atoms with Gasteiger partial charge in [0.05, 0.1) is 5.25 Å². The van der Waals surface area contributed by atoms with Gasteiger partial charge in [0.1, 0.15) is 0 Å². The Morgan fingerprint density at radius 3 is 2.67 bits per heavy atom. The number of amides is 2. The second-order valence-corrected chi connectivity index (χ2v) is 7.34. The summed E-state index contributed by atoms with van der Waals surface area (Å²) in [5.41, 5.74) is 0. The van der Waals surface area contributed by atoms with Gasteiger partial charge in [0, 0.05) is 25.7 Å². The Morgan fingerprint density at radius 1 is 1.33 bits per heavy atom. The quantitative estimate of drug-likeness (QED) is 0.713. The summed E-state index contributed by atoms with van der Waals surface area (Å²) in [6.07, 6.45) is 1.29. The van der Waals surface area contributed by atoms with Gasteiger partial charge in [-0.25, -0.2) is 17.9 Å². The Labute approximate surface area is 108 Å². The van der Waals surface area contributed by atoms with Crippen LogP contribution in [-0.4, -0.2) is 50.3 Å². The molecule has 0 aliphatic carbocycles. The van der Waals surface area contributed by atoms with Gasteiger partial charge in [0.15, 0.2) is 0 Å². The summed E-state index contributed by atoms with van der Waals surface area (Å²) in [7, 11) is -3.15. The fraction of sp³-hybridized carbons (Fsp3) is 0.909. The zero-order chi connectivity index (χ0) is 13.3. The summed E-state index contributed by atoms with van der Waals surface area (Å²) in [6, 6.07) is 0.0148. The average Bonchev–Trinajstić information content (AvgIpc) is 2.48. The minimum Gasteiger partial charge on any atom is -0.336 e. The molecule has 2 fully saturated rings. The highest BCUT2D eigenvalue weighted by molar-refractivity contribution is 7.90. The van der Waals surface area contributed by atoms with Gasteiger partial charge in [-0.3, -0.25) is 0 Å². The predicted octanol–water partition coefficient (Wildman–Crippen LogP) is 0.118. The first-order valence-corrected chi connectivity index (χ1v) is 7.98. The summed E-state index contributed by atoms with van der Waals surface area (Å²) in [5, 5.41) is 2.52. The molecule has 2 heterocycles. The van der Waals surface area contributed by atoms with Crippen LogP contribution in [0.5, 0.6) is 0 Å². The highest BCUT2D eigenvalue weighted by Gasteiger charge is 2.41. The summed E-state index contributed by atoms with van der Waals surface area (Å²) >= 11 is 0. The number of nitrogens with one attached hydrogen (secondary N) is 2. The number of nitrogens with zero attached hydrogens (tertiary/aromatic N) is 1. The van der Waals surface area contributed by atoms with E-state index in [2.05, 4.69) is 10.0 Å². The van der Waals surface area contributed by atoms with Gasteiger partial charge >= 0.3 is 6.03 Å². The van der Waals surface area contributed by atoms with Gasteiger partial charge < -0.3 is 10.2 Å². The maximum absolute atomic E-state index is 11.9. The van der Waals surface area contributed by atoms with Crippen LogP contribution < -0.4 is 10.0 Å². The van der Waals surface area contributed by atoms with Crippen molar-refractivity contribution >= 4 is 16.1 Å². The lowest BCUT2D eigenvalue weighted by Crippen LogP contribution is -2.43. The number of carbonyl (C=O) groups is 1. The van der Waals surface area contributed by atoms with Crippen LogP contribution in [0.15, 0.2) is 0 Å². The van der Waals surface area contributed by atoms with Gasteiger partial charge in [-0.15, -0.1) is 0 Å². The molecule has 6 nitrogen and oxygen atoms in total. The molecule has 2 atom stereocenters. The van der Waals surface area contributed by atoms with Crippen LogP contribution in [-0.2, 0) is 10.0 Å². The van der Waals surface area contributed by atoms with E-state index in [1.54, 1.807) is 4.90 Å². The molecule has 0 saturated carbocycles. The molecule has 2 rings (SSSR count). The molecule has 2 amide bonds. The Hall–Kier alpha value is -0.820. The predicted molar refractivity (Wildman–Crippen MR) is 68.7 cm³/mol. The van der Waals surface area contributed by atoms with E-state index in [1.807, 2.05) is 13.8 Å². The van der Waals surface area contributed by atoms with Crippen LogP contribution in [0.25, 0.3) is 0 Å². The van der Waals surface area contributed by atoms with Gasteiger partial charge in [-0.2, -0.15) is 0 Å². The van der Waals surface area contributed by atoms with Crippen LogP contribution in [0.3, 0.4) is 0 Å². The standard InChI is InChI=1S/C11H21N3O3S/c1-8(2)13-11(15)14-5-3-9-7-12-18(16,17)10(9)4-6-14/h8-10,12H,3-7H2,1-2H3,(H,13,15)/t9-,10-/m1/s1. The van der Waals surface area contributed by atoms with Crippen molar-refractivity contribution < 1.29 is 13.2 Å². The second-order valence-electron chi connectivity index (χ2n) is 5.36. The molecule has 18 heavy (non-hydrogen) atoms. The number of carbonyl (C=O) groups excluding carboxylic acids is 1. The smallest absolute Gasteiger partial charge is 0.317 e. The fourth-order valence-corrected chi connectivity index (χ4v) is 4.47. The van der Waals surface area contributed by atoms with Crippen LogP contribution in [0.4, 0.5) is 4.79 Å². The van der Waals surface area contributed by atoms with E-state index in [0.717, 1.165) is 6.42 Å². The first-order valence-electron chi connectivity index (χ1n) is 6.44. The molecule has 0 spiro atoms. The van der Waals surface area contributed by atoms with E-state index in [-0.39, 0.29) is 23.2 Å². The monoisotopic (exact) mass is 275 g/mol. The molecule has 0 unspecified atom stereocenters. The van der Waals surface area contributed by atoms with Crippen molar-refractivity contribution in [1.29, 1.82) is 0 Å². The lowest BCUT2D eigenvalue weighted by Gasteiger charge is -2.22. The lowest BCUT2D eigenvalue weighted by molar-refractivity contribution is 0.196. The van der Waals surface area contributed by atoms with Crippen molar-refractivity contribution in [2.45, 2.75) is 38.0 Å². The summed E-state index contributed by atoms with van der Waals surface area (Å²) < 4.78 is 26.1. The third-order valence-corrected chi connectivity index (χ3v) is 5.61. The average molecular weight is 275 g/mol. The number of sulfonamides is 1. The molecule has 7 heteroatoms. The Morgan fingerprint density at radius 2 is 2.00 bits per heavy atom. The lowest BCUT2D eigenvalue weighted by atomic mass is 10.0. The molecule has 2 N–H and O–H groups in total. The summed E-state index contributed by atoms with van der Waals surface area (Å²) in [6.45, 7) is 5.50. The van der Waals surface area contributed by atoms with Crippen molar-refractivity contribution in [3.05, 3.63) is 0 Å². The largest absolute Gasteiger partial charge is 0.336 e. The second kappa shape index (κ2) is 5.05. The summed E-state index contributed by atoms with van der Waals surface area (Å²) in [4.78, 5) is 13.6. The third kappa shape index (κ3) is 2.77. The zero-order valence-electron chi connectivity index (χ0n) is 10.8. The number of fused-ring (bicyclic) bond motifs is 1. The number of hydrogen-bond acceptors (Lipinski definition) is 3. The molecule has 2 aliphatic heterocycles. The van der Waals surface area contributed by atoms with E-state index in [4.69, 9.17) is 0 Å². The molecule has 0 aromatic carbocycles. The molecule has 0 bridgehead atoms. The first kappa shape index (κ1) is 13.6. The van der Waals surface area contributed by atoms with Gasteiger partial charge in [-0.1, -0.05) is 0 Å². The Kier molecular flexibility index (Phi) is 3.82. The maximum Gasteiger partial charge on any atom is 0.317 e. The number of likely N-dealkylation sites (tertiary alicyclic amines) is 1. The molecule has 104 valence electrons. The first-order chi connectivity index (χ1) is 8.40. The molecular weight excluding hydrogens is 254 g/mol. The number of rotatable bonds is 1. The third-order valence-electron chi connectivity index (χ3n) is 3.62. The van der Waals surface area contributed by atoms with E-state index in [1.165, 1.54) is 0 Å². The van der Waals surface area contributed by atoms with Gasteiger partial charge in [-0.05, 0) is 32.6 Å². The highest BCUT2D eigenvalue weighted by Crippen LogP contribution is 2.28. The van der Waals surface area contributed by atoms with E-state index >= 15 is 0 Å². The normalized spacial score (nSPS) is 30.9. The highest BCUT2D eigenvalue weighted by atomic mass is 32.2. The molecule has 0 radical (unpaired) electrons. The molecule has 2 saturated heterocycles. The van der Waals surface area contributed by atoms with Crippen molar-refractivity contribution in [3.8, 4) is 0 Å². The van der Waals surface area contributed by atoms with Crippen LogP contribution in [0, 0.1) is 5.92 Å². The van der Waals surface area contributed by atoms with Crippen LogP contribution >= 0.6 is 0 Å². The van der Waals surface area contributed by atoms with Gasteiger partial charge in [0.2, 0.25) is 10.0 Å². The minimum absolute atomic E-state index is 0.0877. The molecule has 0 aromatic rings.